The average Bonchev–Trinajstić information content (AvgIpc) is 2.64. The van der Waals surface area contributed by atoms with E-state index in [4.69, 9.17) is 23.2 Å². The lowest BCUT2D eigenvalue weighted by molar-refractivity contribution is -0.122. The molecule has 2 bridgehead atoms. The standard InChI is InChI=1S/C16H17Cl2NO2/c1-8-3-9(2)15-13(7-20)14(8)16(21)19(15)12-5-10(17)4-11(18)6-12/h3-6,8,13-15,20H,7H2,1-2H3. The maximum absolute atomic E-state index is 12.8. The van der Waals surface area contributed by atoms with Crippen molar-refractivity contribution in [1.29, 1.82) is 0 Å². The predicted octanol–water partition coefficient (Wildman–Crippen LogP) is 3.53. The molecule has 21 heavy (non-hydrogen) atoms. The highest BCUT2D eigenvalue weighted by atomic mass is 35.5. The van der Waals surface area contributed by atoms with Crippen LogP contribution in [0.2, 0.25) is 10.0 Å². The molecule has 1 amide bonds. The number of nitrogens with zero attached hydrogens (tertiary/aromatic N) is 1. The van der Waals surface area contributed by atoms with Crippen molar-refractivity contribution in [3.8, 4) is 0 Å². The van der Waals surface area contributed by atoms with Gasteiger partial charge in [-0.3, -0.25) is 4.79 Å². The minimum Gasteiger partial charge on any atom is -0.396 e. The normalized spacial score (nSPS) is 31.6. The Morgan fingerprint density at radius 3 is 2.43 bits per heavy atom. The molecular weight excluding hydrogens is 309 g/mol. The Morgan fingerprint density at radius 1 is 1.24 bits per heavy atom. The number of aliphatic hydroxyl groups excluding tert-OH is 1. The summed E-state index contributed by atoms with van der Waals surface area (Å²) in [7, 11) is 0. The van der Waals surface area contributed by atoms with E-state index in [2.05, 4.69) is 6.08 Å². The van der Waals surface area contributed by atoms with Crippen LogP contribution < -0.4 is 4.90 Å². The molecule has 1 aliphatic carbocycles. The van der Waals surface area contributed by atoms with E-state index in [0.717, 1.165) is 5.57 Å². The number of fused-ring (bicyclic) bond motifs is 2. The van der Waals surface area contributed by atoms with Gasteiger partial charge in [-0.2, -0.15) is 0 Å². The highest BCUT2D eigenvalue weighted by molar-refractivity contribution is 6.35. The number of benzene rings is 1. The molecule has 0 radical (unpaired) electrons. The van der Waals surface area contributed by atoms with Gasteiger partial charge in [0.1, 0.15) is 0 Å². The predicted molar refractivity (Wildman–Crippen MR) is 84.7 cm³/mol. The summed E-state index contributed by atoms with van der Waals surface area (Å²) in [5.41, 5.74) is 1.81. The first kappa shape index (κ1) is 14.9. The number of hydrogen-bond donors (Lipinski definition) is 1. The Bertz CT molecular complexity index is 608. The third kappa shape index (κ3) is 2.28. The van der Waals surface area contributed by atoms with Crippen LogP contribution in [0.15, 0.2) is 29.8 Å². The van der Waals surface area contributed by atoms with Crippen LogP contribution in [0.5, 0.6) is 0 Å². The van der Waals surface area contributed by atoms with Crippen molar-refractivity contribution < 1.29 is 9.90 Å². The molecule has 1 fully saturated rings. The summed E-state index contributed by atoms with van der Waals surface area (Å²) in [6.45, 7) is 4.04. The number of amides is 1. The smallest absolute Gasteiger partial charge is 0.231 e. The maximum atomic E-state index is 12.8. The number of hydrogen-bond acceptors (Lipinski definition) is 2. The van der Waals surface area contributed by atoms with Gasteiger partial charge >= 0.3 is 0 Å². The molecule has 0 aromatic heterocycles. The second-order valence-corrected chi connectivity index (χ2v) is 6.80. The van der Waals surface area contributed by atoms with Crippen LogP contribution in [0, 0.1) is 17.8 Å². The number of rotatable bonds is 2. The van der Waals surface area contributed by atoms with Crippen LogP contribution in [0.4, 0.5) is 5.69 Å². The van der Waals surface area contributed by atoms with Crippen molar-refractivity contribution in [3.05, 3.63) is 39.9 Å². The zero-order chi connectivity index (χ0) is 15.3. The summed E-state index contributed by atoms with van der Waals surface area (Å²) < 4.78 is 0. The Balaban J connectivity index is 2.11. The highest BCUT2D eigenvalue weighted by Crippen LogP contribution is 2.46. The van der Waals surface area contributed by atoms with Gasteiger partial charge < -0.3 is 10.0 Å². The molecule has 1 aromatic carbocycles. The fourth-order valence-corrected chi connectivity index (χ4v) is 4.34. The minimum atomic E-state index is -0.179. The molecular formula is C16H17Cl2NO2. The molecule has 1 saturated heterocycles. The average molecular weight is 326 g/mol. The van der Waals surface area contributed by atoms with Gasteiger partial charge in [-0.25, -0.2) is 0 Å². The maximum Gasteiger partial charge on any atom is 0.231 e. The lowest BCUT2D eigenvalue weighted by atomic mass is 9.75. The Labute approximate surface area is 134 Å². The molecule has 3 rings (SSSR count). The van der Waals surface area contributed by atoms with Gasteiger partial charge in [-0.1, -0.05) is 41.8 Å². The molecule has 1 aromatic rings. The lowest BCUT2D eigenvalue weighted by Crippen LogP contribution is -2.37. The highest BCUT2D eigenvalue weighted by Gasteiger charge is 2.53. The molecule has 2 aliphatic rings. The van der Waals surface area contributed by atoms with E-state index < -0.39 is 0 Å². The molecule has 5 heteroatoms. The fourth-order valence-electron chi connectivity index (χ4n) is 3.82. The Kier molecular flexibility index (Phi) is 3.76. The van der Waals surface area contributed by atoms with Gasteiger partial charge in [-0.05, 0) is 31.0 Å². The Morgan fingerprint density at radius 2 is 1.86 bits per heavy atom. The van der Waals surface area contributed by atoms with Crippen molar-refractivity contribution in [2.75, 3.05) is 11.5 Å². The number of carbonyl (C=O) groups excluding carboxylic acids is 1. The number of anilines is 1. The number of halogens is 2. The molecule has 1 N–H and O–H groups in total. The first-order chi connectivity index (χ1) is 9.93. The zero-order valence-electron chi connectivity index (χ0n) is 11.9. The molecule has 1 heterocycles. The molecule has 3 nitrogen and oxygen atoms in total. The van der Waals surface area contributed by atoms with E-state index >= 15 is 0 Å². The van der Waals surface area contributed by atoms with Gasteiger partial charge in [0.15, 0.2) is 0 Å². The van der Waals surface area contributed by atoms with E-state index in [-0.39, 0.29) is 36.3 Å². The second kappa shape index (κ2) is 5.31. The summed E-state index contributed by atoms with van der Waals surface area (Å²) in [6, 6.07) is 5.03. The monoisotopic (exact) mass is 325 g/mol. The van der Waals surface area contributed by atoms with Crippen molar-refractivity contribution >= 4 is 34.8 Å². The Hall–Kier alpha value is -1.03. The third-order valence-corrected chi connectivity index (χ3v) is 5.00. The number of aliphatic hydroxyl groups is 1. The van der Waals surface area contributed by atoms with Gasteiger partial charge in [0.05, 0.1) is 12.0 Å². The van der Waals surface area contributed by atoms with Crippen molar-refractivity contribution in [1.82, 2.24) is 0 Å². The summed E-state index contributed by atoms with van der Waals surface area (Å²) in [4.78, 5) is 14.6. The fraction of sp³-hybridized carbons (Fsp3) is 0.438. The van der Waals surface area contributed by atoms with Gasteiger partial charge in [-0.15, -0.1) is 0 Å². The van der Waals surface area contributed by atoms with Gasteiger partial charge in [0.2, 0.25) is 5.91 Å². The SMILES string of the molecule is CC1=CC(C)C2C(=O)N(c3cc(Cl)cc(Cl)c3)C1C2CO. The van der Waals surface area contributed by atoms with Crippen LogP contribution in [-0.2, 0) is 4.79 Å². The quantitative estimate of drug-likeness (QED) is 0.845. The molecule has 112 valence electrons. The molecule has 0 saturated carbocycles. The van der Waals surface area contributed by atoms with E-state index in [1.807, 2.05) is 13.8 Å². The van der Waals surface area contributed by atoms with Crippen molar-refractivity contribution in [2.24, 2.45) is 17.8 Å². The topological polar surface area (TPSA) is 40.5 Å². The lowest BCUT2D eigenvalue weighted by Gasteiger charge is -2.32. The van der Waals surface area contributed by atoms with E-state index in [9.17, 15) is 9.90 Å². The van der Waals surface area contributed by atoms with Crippen molar-refractivity contribution in [2.45, 2.75) is 19.9 Å². The van der Waals surface area contributed by atoms with Gasteiger partial charge in [0.25, 0.3) is 0 Å². The van der Waals surface area contributed by atoms with Crippen LogP contribution in [0.25, 0.3) is 0 Å². The number of allylic oxidation sites excluding steroid dienone is 1. The minimum absolute atomic E-state index is 0.00138. The molecule has 0 spiro atoms. The summed E-state index contributed by atoms with van der Waals surface area (Å²) >= 11 is 12.1. The van der Waals surface area contributed by atoms with Crippen LogP contribution in [0.1, 0.15) is 13.8 Å². The molecule has 1 aliphatic heterocycles. The summed E-state index contributed by atoms with van der Waals surface area (Å²) in [5.74, 6) is -0.0831. The van der Waals surface area contributed by atoms with Crippen LogP contribution >= 0.6 is 23.2 Å². The first-order valence-corrected chi connectivity index (χ1v) is 7.78. The van der Waals surface area contributed by atoms with E-state index in [0.29, 0.717) is 15.7 Å². The first-order valence-electron chi connectivity index (χ1n) is 7.02. The third-order valence-electron chi connectivity index (χ3n) is 4.56. The summed E-state index contributed by atoms with van der Waals surface area (Å²) in [5, 5.41) is 10.7. The van der Waals surface area contributed by atoms with Crippen molar-refractivity contribution in [3.63, 3.8) is 0 Å². The van der Waals surface area contributed by atoms with Crippen LogP contribution in [-0.4, -0.2) is 23.7 Å². The van der Waals surface area contributed by atoms with Crippen LogP contribution in [0.3, 0.4) is 0 Å². The summed E-state index contributed by atoms with van der Waals surface area (Å²) in [6.07, 6.45) is 2.13. The largest absolute Gasteiger partial charge is 0.396 e. The van der Waals surface area contributed by atoms with Gasteiger partial charge in [0, 0.05) is 28.3 Å². The zero-order valence-corrected chi connectivity index (χ0v) is 13.4. The number of carbonyl (C=O) groups is 1. The van der Waals surface area contributed by atoms with E-state index in [1.54, 1.807) is 23.1 Å². The molecule has 4 atom stereocenters. The van der Waals surface area contributed by atoms with E-state index in [1.165, 1.54) is 0 Å². The molecule has 4 unspecified atom stereocenters. The second-order valence-electron chi connectivity index (χ2n) is 5.92.